The number of rotatable bonds is 6. The lowest BCUT2D eigenvalue weighted by atomic mass is 10.1. The molecule has 0 fully saturated rings. The van der Waals surface area contributed by atoms with E-state index in [4.69, 9.17) is 5.11 Å². The van der Waals surface area contributed by atoms with Crippen LogP contribution in [0.3, 0.4) is 0 Å². The Bertz CT molecular complexity index is 150. The molecule has 78 valence electrons. The monoisotopic (exact) mass is 189 g/mol. The first-order valence-electron chi connectivity index (χ1n) is 4.60. The molecule has 0 aliphatic rings. The quantitative estimate of drug-likeness (QED) is 0.590. The summed E-state index contributed by atoms with van der Waals surface area (Å²) in [5.74, 6) is -0.267. The lowest BCUT2D eigenvalue weighted by Gasteiger charge is -2.19. The van der Waals surface area contributed by atoms with Gasteiger partial charge in [-0.2, -0.15) is 0 Å². The number of esters is 1. The van der Waals surface area contributed by atoms with Crippen molar-refractivity contribution in [2.24, 2.45) is 0 Å². The number of aliphatic hydroxyl groups excluding tert-OH is 1. The molecule has 2 atom stereocenters. The average Bonchev–Trinajstić information content (AvgIpc) is 2.15. The van der Waals surface area contributed by atoms with Gasteiger partial charge >= 0.3 is 5.97 Å². The van der Waals surface area contributed by atoms with Crippen molar-refractivity contribution in [2.75, 3.05) is 13.7 Å². The number of carbonyl (C=O) groups excluding carboxylic acids is 1. The molecule has 0 aliphatic carbocycles. The first-order valence-corrected chi connectivity index (χ1v) is 4.60. The Balaban J connectivity index is 3.85. The minimum Gasteiger partial charge on any atom is -0.468 e. The topological polar surface area (TPSA) is 58.6 Å². The van der Waals surface area contributed by atoms with Crippen molar-refractivity contribution in [1.82, 2.24) is 5.32 Å². The fourth-order valence-electron chi connectivity index (χ4n) is 1.16. The highest BCUT2D eigenvalue weighted by atomic mass is 16.5. The van der Waals surface area contributed by atoms with E-state index in [1.54, 1.807) is 6.92 Å². The van der Waals surface area contributed by atoms with Crippen LogP contribution in [0.25, 0.3) is 0 Å². The third-order valence-corrected chi connectivity index (χ3v) is 2.01. The summed E-state index contributed by atoms with van der Waals surface area (Å²) < 4.78 is 4.57. The average molecular weight is 189 g/mol. The summed E-state index contributed by atoms with van der Waals surface area (Å²) in [6.07, 6.45) is 1.56. The van der Waals surface area contributed by atoms with Gasteiger partial charge in [0.15, 0.2) is 0 Å². The lowest BCUT2D eigenvalue weighted by molar-refractivity contribution is -0.142. The van der Waals surface area contributed by atoms with E-state index in [0.29, 0.717) is 6.42 Å². The van der Waals surface area contributed by atoms with Gasteiger partial charge in [0.25, 0.3) is 0 Å². The van der Waals surface area contributed by atoms with Crippen molar-refractivity contribution in [3.63, 3.8) is 0 Å². The first-order chi connectivity index (χ1) is 6.15. The Morgan fingerprint density at radius 2 is 2.23 bits per heavy atom. The summed E-state index contributed by atoms with van der Waals surface area (Å²) in [4.78, 5) is 11.0. The van der Waals surface area contributed by atoms with E-state index in [1.165, 1.54) is 7.11 Å². The molecule has 0 amide bonds. The second-order valence-corrected chi connectivity index (χ2v) is 3.03. The van der Waals surface area contributed by atoms with Crippen LogP contribution < -0.4 is 5.32 Å². The van der Waals surface area contributed by atoms with Gasteiger partial charge in [-0.05, 0) is 19.8 Å². The molecule has 4 heteroatoms. The summed E-state index contributed by atoms with van der Waals surface area (Å²) in [5, 5.41) is 11.8. The van der Waals surface area contributed by atoms with Crippen molar-refractivity contribution in [3.05, 3.63) is 0 Å². The Labute approximate surface area is 79.3 Å². The molecular formula is C9H19NO3. The van der Waals surface area contributed by atoms with Gasteiger partial charge < -0.3 is 15.2 Å². The number of hydrogen-bond acceptors (Lipinski definition) is 4. The molecule has 0 aromatic rings. The van der Waals surface area contributed by atoms with Crippen LogP contribution in [-0.4, -0.2) is 36.9 Å². The molecule has 2 unspecified atom stereocenters. The largest absolute Gasteiger partial charge is 0.468 e. The fourth-order valence-corrected chi connectivity index (χ4v) is 1.16. The predicted octanol–water partition coefficient (Wildman–Crippen LogP) is 0.298. The molecule has 4 nitrogen and oxygen atoms in total. The number of hydrogen-bond donors (Lipinski definition) is 2. The van der Waals surface area contributed by atoms with E-state index in [1.807, 2.05) is 6.92 Å². The van der Waals surface area contributed by atoms with Crippen molar-refractivity contribution in [3.8, 4) is 0 Å². The summed E-state index contributed by atoms with van der Waals surface area (Å²) >= 11 is 0. The van der Waals surface area contributed by atoms with Crippen LogP contribution in [0.1, 0.15) is 26.7 Å². The van der Waals surface area contributed by atoms with Crippen molar-refractivity contribution in [2.45, 2.75) is 38.8 Å². The highest BCUT2D eigenvalue weighted by Crippen LogP contribution is 1.99. The molecule has 0 saturated heterocycles. The second kappa shape index (κ2) is 6.86. The molecule has 2 N–H and O–H groups in total. The number of ether oxygens (including phenoxy) is 1. The molecule has 0 radical (unpaired) electrons. The van der Waals surface area contributed by atoms with Gasteiger partial charge in [0, 0.05) is 12.6 Å². The smallest absolute Gasteiger partial charge is 0.322 e. The van der Waals surface area contributed by atoms with Gasteiger partial charge in [-0.15, -0.1) is 0 Å². The molecule has 0 rings (SSSR count). The summed E-state index contributed by atoms with van der Waals surface area (Å²) in [5.41, 5.74) is 0. The Morgan fingerprint density at radius 1 is 1.62 bits per heavy atom. The standard InChI is InChI=1S/C9H19NO3/c1-4-8(5-6-11)10-7(2)9(12)13-3/h7-8,10-11H,4-6H2,1-3H3. The number of carbonyl (C=O) groups is 1. The van der Waals surface area contributed by atoms with Crippen molar-refractivity contribution in [1.29, 1.82) is 0 Å². The molecule has 0 bridgehead atoms. The first kappa shape index (κ1) is 12.4. The molecule has 0 aromatic heterocycles. The highest BCUT2D eigenvalue weighted by Gasteiger charge is 2.16. The summed E-state index contributed by atoms with van der Waals surface area (Å²) in [6.45, 7) is 3.91. The maximum atomic E-state index is 11.0. The summed E-state index contributed by atoms with van der Waals surface area (Å²) in [6, 6.07) is -0.124. The Hall–Kier alpha value is -0.610. The van der Waals surface area contributed by atoms with E-state index in [0.717, 1.165) is 6.42 Å². The van der Waals surface area contributed by atoms with Crippen LogP contribution >= 0.6 is 0 Å². The van der Waals surface area contributed by atoms with Crippen molar-refractivity contribution >= 4 is 5.97 Å². The minimum absolute atomic E-state index is 0.138. The third kappa shape index (κ3) is 4.85. The van der Waals surface area contributed by atoms with E-state index < -0.39 is 0 Å². The normalized spacial score (nSPS) is 15.1. The zero-order valence-electron chi connectivity index (χ0n) is 8.54. The second-order valence-electron chi connectivity index (χ2n) is 3.03. The molecule has 13 heavy (non-hydrogen) atoms. The van der Waals surface area contributed by atoms with Gasteiger partial charge in [0.2, 0.25) is 0 Å². The maximum absolute atomic E-state index is 11.0. The van der Waals surface area contributed by atoms with Crippen molar-refractivity contribution < 1.29 is 14.6 Å². The molecule has 0 saturated carbocycles. The van der Waals surface area contributed by atoms with Crippen LogP contribution in [0, 0.1) is 0 Å². The van der Waals surface area contributed by atoms with Crippen LogP contribution in [0.4, 0.5) is 0 Å². The number of nitrogens with one attached hydrogen (secondary N) is 1. The number of methoxy groups -OCH3 is 1. The zero-order chi connectivity index (χ0) is 10.3. The third-order valence-electron chi connectivity index (χ3n) is 2.01. The minimum atomic E-state index is -0.304. The van der Waals surface area contributed by atoms with Gasteiger partial charge in [-0.1, -0.05) is 6.92 Å². The Kier molecular flexibility index (Phi) is 6.54. The van der Waals surface area contributed by atoms with Gasteiger partial charge in [0.05, 0.1) is 7.11 Å². The van der Waals surface area contributed by atoms with E-state index >= 15 is 0 Å². The Morgan fingerprint density at radius 3 is 2.62 bits per heavy atom. The van der Waals surface area contributed by atoms with Gasteiger partial charge in [-0.25, -0.2) is 0 Å². The van der Waals surface area contributed by atoms with E-state index in [-0.39, 0.29) is 24.7 Å². The SMILES string of the molecule is CCC(CCO)NC(C)C(=O)OC. The van der Waals surface area contributed by atoms with Crippen LogP contribution in [0.15, 0.2) is 0 Å². The molecule has 0 aromatic carbocycles. The lowest BCUT2D eigenvalue weighted by Crippen LogP contribution is -2.42. The molecule has 0 aliphatic heterocycles. The zero-order valence-corrected chi connectivity index (χ0v) is 8.54. The van der Waals surface area contributed by atoms with E-state index in [9.17, 15) is 4.79 Å². The molecular weight excluding hydrogens is 170 g/mol. The van der Waals surface area contributed by atoms with Gasteiger partial charge in [-0.3, -0.25) is 4.79 Å². The maximum Gasteiger partial charge on any atom is 0.322 e. The fraction of sp³-hybridized carbons (Fsp3) is 0.889. The molecule has 0 heterocycles. The molecule has 0 spiro atoms. The number of aliphatic hydroxyl groups is 1. The highest BCUT2D eigenvalue weighted by molar-refractivity contribution is 5.75. The van der Waals surface area contributed by atoms with E-state index in [2.05, 4.69) is 10.1 Å². The van der Waals surface area contributed by atoms with Gasteiger partial charge in [0.1, 0.15) is 6.04 Å². The van der Waals surface area contributed by atoms with Crippen LogP contribution in [0.5, 0.6) is 0 Å². The summed E-state index contributed by atoms with van der Waals surface area (Å²) in [7, 11) is 1.37. The predicted molar refractivity (Wildman–Crippen MR) is 50.4 cm³/mol. The van der Waals surface area contributed by atoms with Crippen LogP contribution in [-0.2, 0) is 9.53 Å². The van der Waals surface area contributed by atoms with Crippen LogP contribution in [0.2, 0.25) is 0 Å².